The van der Waals surface area contributed by atoms with Crippen LogP contribution < -0.4 is 28.7 Å². The number of fused-ring (bicyclic) bond motifs is 3. The number of ether oxygens (including phenoxy) is 1. The molecule has 0 unspecified atom stereocenters. The summed E-state index contributed by atoms with van der Waals surface area (Å²) in [6.07, 6.45) is 4.35. The fourth-order valence-corrected chi connectivity index (χ4v) is 2.12. The monoisotopic (exact) mass is 250 g/mol. The Labute approximate surface area is 122 Å². The molecule has 0 fully saturated rings. The standard InChI is InChI=1S/C13H12N2O3.Li/c16-13(17)9-2-3-12-10(6-9)11-7-14-8-15(11)4-1-5-18-12;/h2-3,6-8H,1,4-5H2,(H,16,17);/q;+1/p-1. The molecule has 0 amide bonds. The van der Waals surface area contributed by atoms with Crippen LogP contribution in [-0.2, 0) is 6.54 Å². The molecule has 6 heteroatoms. The zero-order valence-electron chi connectivity index (χ0n) is 10.6. The summed E-state index contributed by atoms with van der Waals surface area (Å²) >= 11 is 0. The van der Waals surface area contributed by atoms with Crippen molar-refractivity contribution in [2.24, 2.45) is 0 Å². The summed E-state index contributed by atoms with van der Waals surface area (Å²) in [4.78, 5) is 15.0. The molecular weight excluding hydrogens is 239 g/mol. The van der Waals surface area contributed by atoms with Crippen molar-refractivity contribution in [1.82, 2.24) is 9.55 Å². The van der Waals surface area contributed by atoms with Crippen molar-refractivity contribution in [3.05, 3.63) is 36.3 Å². The van der Waals surface area contributed by atoms with Gasteiger partial charge in [-0.25, -0.2) is 4.98 Å². The van der Waals surface area contributed by atoms with Gasteiger partial charge in [0.2, 0.25) is 0 Å². The molecule has 0 radical (unpaired) electrons. The molecule has 19 heavy (non-hydrogen) atoms. The Morgan fingerprint density at radius 1 is 1.42 bits per heavy atom. The van der Waals surface area contributed by atoms with Crippen LogP contribution >= 0.6 is 0 Å². The molecule has 0 aliphatic carbocycles. The minimum Gasteiger partial charge on any atom is -0.545 e. The quantitative estimate of drug-likeness (QED) is 0.534. The zero-order valence-corrected chi connectivity index (χ0v) is 10.6. The number of aromatic carboxylic acids is 1. The van der Waals surface area contributed by atoms with Crippen LogP contribution in [0.3, 0.4) is 0 Å². The second-order valence-electron chi connectivity index (χ2n) is 4.17. The third-order valence-corrected chi connectivity index (χ3v) is 3.00. The first kappa shape index (κ1) is 13.7. The molecule has 0 N–H and O–H groups in total. The van der Waals surface area contributed by atoms with Crippen LogP contribution in [0.1, 0.15) is 16.8 Å². The maximum atomic E-state index is 10.9. The fourth-order valence-electron chi connectivity index (χ4n) is 2.12. The molecule has 0 bridgehead atoms. The van der Waals surface area contributed by atoms with E-state index in [9.17, 15) is 9.90 Å². The Hall–Kier alpha value is -1.70. The average molecular weight is 250 g/mol. The van der Waals surface area contributed by atoms with E-state index in [4.69, 9.17) is 4.74 Å². The van der Waals surface area contributed by atoms with Crippen molar-refractivity contribution < 1.29 is 33.5 Å². The van der Waals surface area contributed by atoms with Gasteiger partial charge < -0.3 is 19.2 Å². The van der Waals surface area contributed by atoms with Gasteiger partial charge in [0.25, 0.3) is 0 Å². The van der Waals surface area contributed by atoms with Gasteiger partial charge in [0.15, 0.2) is 0 Å². The second kappa shape index (κ2) is 5.51. The maximum Gasteiger partial charge on any atom is 1.00 e. The SMILES string of the molecule is O=C([O-])c1ccc2c(c1)-c1cncn1CCCO2.[Li+]. The molecule has 92 valence electrons. The summed E-state index contributed by atoms with van der Waals surface area (Å²) < 4.78 is 7.64. The van der Waals surface area contributed by atoms with E-state index < -0.39 is 5.97 Å². The number of aromatic nitrogens is 2. The molecule has 1 aliphatic heterocycles. The topological polar surface area (TPSA) is 67.2 Å². The smallest absolute Gasteiger partial charge is 0.545 e. The van der Waals surface area contributed by atoms with Crippen LogP contribution in [-0.4, -0.2) is 22.1 Å². The van der Waals surface area contributed by atoms with Crippen LogP contribution in [0.5, 0.6) is 5.75 Å². The normalized spacial score (nSPS) is 13.1. The van der Waals surface area contributed by atoms with Gasteiger partial charge in [-0.15, -0.1) is 0 Å². The molecule has 5 nitrogen and oxygen atoms in total. The predicted molar refractivity (Wildman–Crippen MR) is 62.1 cm³/mol. The Bertz CT molecular complexity index is 610. The molecular formula is C13H11LiN2O3. The summed E-state index contributed by atoms with van der Waals surface area (Å²) in [6.45, 7) is 1.42. The summed E-state index contributed by atoms with van der Waals surface area (Å²) in [5.74, 6) is -0.507. The molecule has 0 saturated carbocycles. The van der Waals surface area contributed by atoms with Crippen molar-refractivity contribution in [1.29, 1.82) is 0 Å². The van der Waals surface area contributed by atoms with Crippen molar-refractivity contribution >= 4 is 5.97 Å². The molecule has 0 saturated heterocycles. The number of carboxylic acids is 1. The number of carbonyl (C=O) groups excluding carboxylic acids is 1. The zero-order chi connectivity index (χ0) is 12.5. The van der Waals surface area contributed by atoms with Crippen molar-refractivity contribution in [3.8, 4) is 17.0 Å². The molecule has 0 spiro atoms. The maximum absolute atomic E-state index is 10.9. The van der Waals surface area contributed by atoms with E-state index in [2.05, 4.69) is 4.98 Å². The first-order chi connectivity index (χ1) is 8.75. The van der Waals surface area contributed by atoms with E-state index in [1.54, 1.807) is 24.7 Å². The Balaban J connectivity index is 0.00000133. The Morgan fingerprint density at radius 2 is 2.26 bits per heavy atom. The van der Waals surface area contributed by atoms with E-state index in [1.807, 2.05) is 4.57 Å². The molecule has 2 aromatic rings. The van der Waals surface area contributed by atoms with E-state index in [0.717, 1.165) is 24.2 Å². The number of imidazole rings is 1. The summed E-state index contributed by atoms with van der Waals surface area (Å²) in [5.41, 5.74) is 1.76. The van der Waals surface area contributed by atoms with Crippen LogP contribution in [0.15, 0.2) is 30.7 Å². The first-order valence-electron chi connectivity index (χ1n) is 5.74. The molecule has 1 aromatic heterocycles. The third-order valence-electron chi connectivity index (χ3n) is 3.00. The summed E-state index contributed by atoms with van der Waals surface area (Å²) in [7, 11) is 0. The molecule has 3 rings (SSSR count). The molecule has 1 aliphatic rings. The number of carbonyl (C=O) groups is 1. The van der Waals surface area contributed by atoms with Crippen LogP contribution in [0, 0.1) is 0 Å². The second-order valence-corrected chi connectivity index (χ2v) is 4.17. The molecule has 0 atom stereocenters. The largest absolute Gasteiger partial charge is 1.00 e. The third kappa shape index (κ3) is 2.53. The number of benzene rings is 1. The van der Waals surface area contributed by atoms with Crippen molar-refractivity contribution in [2.75, 3.05) is 6.61 Å². The summed E-state index contributed by atoms with van der Waals surface area (Å²) in [5, 5.41) is 10.9. The number of carboxylic acid groups (broad SMARTS) is 1. The van der Waals surface area contributed by atoms with Gasteiger partial charge in [-0.3, -0.25) is 0 Å². The fraction of sp³-hybridized carbons (Fsp3) is 0.231. The molecule has 1 aromatic carbocycles. The van der Waals surface area contributed by atoms with Gasteiger partial charge in [0.05, 0.1) is 30.8 Å². The van der Waals surface area contributed by atoms with Crippen molar-refractivity contribution in [2.45, 2.75) is 13.0 Å². The number of rotatable bonds is 1. The van der Waals surface area contributed by atoms with Crippen molar-refractivity contribution in [3.63, 3.8) is 0 Å². The van der Waals surface area contributed by atoms with Gasteiger partial charge in [-0.2, -0.15) is 0 Å². The van der Waals surface area contributed by atoms with Crippen LogP contribution in [0.25, 0.3) is 11.3 Å². The summed E-state index contributed by atoms with van der Waals surface area (Å²) in [6, 6.07) is 4.74. The number of hydrogen-bond acceptors (Lipinski definition) is 4. The first-order valence-corrected chi connectivity index (χ1v) is 5.74. The van der Waals surface area contributed by atoms with E-state index in [0.29, 0.717) is 12.4 Å². The van der Waals surface area contributed by atoms with Gasteiger partial charge in [0, 0.05) is 12.1 Å². The van der Waals surface area contributed by atoms with Gasteiger partial charge in [-0.1, -0.05) is 0 Å². The number of hydrogen-bond donors (Lipinski definition) is 0. The van der Waals surface area contributed by atoms with Gasteiger partial charge in [0.1, 0.15) is 5.75 Å². The Morgan fingerprint density at radius 3 is 3.05 bits per heavy atom. The van der Waals surface area contributed by atoms with Crippen LogP contribution in [0.2, 0.25) is 0 Å². The van der Waals surface area contributed by atoms with Gasteiger partial charge in [-0.05, 0) is 30.2 Å². The predicted octanol–water partition coefficient (Wildman–Crippen LogP) is -2.30. The van der Waals surface area contributed by atoms with Crippen LogP contribution in [0.4, 0.5) is 0 Å². The van der Waals surface area contributed by atoms with E-state index in [1.165, 1.54) is 6.07 Å². The minimum absolute atomic E-state index is 0. The van der Waals surface area contributed by atoms with E-state index in [-0.39, 0.29) is 24.4 Å². The Kier molecular flexibility index (Phi) is 3.98. The van der Waals surface area contributed by atoms with E-state index >= 15 is 0 Å². The average Bonchev–Trinajstić information content (AvgIpc) is 2.79. The molecule has 2 heterocycles. The minimum atomic E-state index is -1.19. The number of aryl methyl sites for hydroxylation is 1. The number of nitrogens with zero attached hydrogens (tertiary/aromatic N) is 2. The van der Waals surface area contributed by atoms with Gasteiger partial charge >= 0.3 is 18.9 Å².